The first-order valence-corrected chi connectivity index (χ1v) is 10.9. The first-order valence-electron chi connectivity index (χ1n) is 10.9. The lowest BCUT2D eigenvalue weighted by Gasteiger charge is -2.08. The third-order valence-electron chi connectivity index (χ3n) is 5.79. The van der Waals surface area contributed by atoms with Crippen molar-refractivity contribution in [3.05, 3.63) is 90.0 Å². The molecule has 0 bridgehead atoms. The van der Waals surface area contributed by atoms with Crippen molar-refractivity contribution in [2.45, 2.75) is 25.7 Å². The van der Waals surface area contributed by atoms with E-state index in [1.165, 1.54) is 0 Å². The standard InChI is InChI=1S/C25H21N7O/c1-16-23-19(25(33)28-21-12-14-31(30-21)18-7-3-2-4-8-18)15-20(17-10-11-17)27-24(23)32(29-16)22-9-5-6-13-26-22/h2-9,12-15,17H,10-11H2,1H3,(H,28,30,33). The van der Waals surface area contributed by atoms with Crippen LogP contribution >= 0.6 is 0 Å². The van der Waals surface area contributed by atoms with Crippen LogP contribution in [-0.2, 0) is 0 Å². The van der Waals surface area contributed by atoms with Crippen molar-refractivity contribution < 1.29 is 4.79 Å². The number of para-hydroxylation sites is 1. The summed E-state index contributed by atoms with van der Waals surface area (Å²) in [5.41, 5.74) is 3.77. The molecule has 4 heterocycles. The molecule has 4 aromatic heterocycles. The molecule has 0 radical (unpaired) electrons. The average molecular weight is 435 g/mol. The van der Waals surface area contributed by atoms with Gasteiger partial charge in [-0.05, 0) is 50.1 Å². The van der Waals surface area contributed by atoms with Crippen LogP contribution in [-0.4, -0.2) is 35.4 Å². The Bertz CT molecular complexity index is 1470. The molecule has 1 amide bonds. The maximum Gasteiger partial charge on any atom is 0.257 e. The van der Waals surface area contributed by atoms with Gasteiger partial charge in [-0.2, -0.15) is 14.9 Å². The van der Waals surface area contributed by atoms with Gasteiger partial charge in [-0.3, -0.25) is 4.79 Å². The molecule has 0 aliphatic heterocycles. The van der Waals surface area contributed by atoms with Gasteiger partial charge in [0.2, 0.25) is 0 Å². The maximum absolute atomic E-state index is 13.4. The van der Waals surface area contributed by atoms with Crippen molar-refractivity contribution in [3.63, 3.8) is 0 Å². The van der Waals surface area contributed by atoms with Crippen LogP contribution in [0.25, 0.3) is 22.5 Å². The van der Waals surface area contributed by atoms with Crippen molar-refractivity contribution in [2.75, 3.05) is 5.32 Å². The highest BCUT2D eigenvalue weighted by Gasteiger charge is 2.29. The number of benzene rings is 1. The molecule has 5 aromatic rings. The number of fused-ring (bicyclic) bond motifs is 1. The molecule has 33 heavy (non-hydrogen) atoms. The number of hydrogen-bond acceptors (Lipinski definition) is 5. The first kappa shape index (κ1) is 19.4. The van der Waals surface area contributed by atoms with Crippen molar-refractivity contribution in [2.24, 2.45) is 0 Å². The largest absolute Gasteiger partial charge is 0.305 e. The van der Waals surface area contributed by atoms with Crippen molar-refractivity contribution in [3.8, 4) is 11.5 Å². The molecule has 1 aromatic carbocycles. The monoisotopic (exact) mass is 435 g/mol. The van der Waals surface area contributed by atoms with Gasteiger partial charge in [0.15, 0.2) is 17.3 Å². The molecule has 1 aliphatic carbocycles. The zero-order valence-corrected chi connectivity index (χ0v) is 18.0. The SMILES string of the molecule is Cc1nn(-c2ccccn2)c2nc(C3CC3)cc(C(=O)Nc3ccn(-c4ccccc4)n3)c12. The Morgan fingerprint density at radius 1 is 1.03 bits per heavy atom. The zero-order chi connectivity index (χ0) is 22.4. The van der Waals surface area contributed by atoms with Crippen molar-refractivity contribution >= 4 is 22.8 Å². The van der Waals surface area contributed by atoms with E-state index in [-0.39, 0.29) is 5.91 Å². The number of rotatable bonds is 5. The number of amides is 1. The molecule has 1 saturated carbocycles. The van der Waals surface area contributed by atoms with E-state index in [1.54, 1.807) is 21.6 Å². The van der Waals surface area contributed by atoms with Gasteiger partial charge in [-0.1, -0.05) is 24.3 Å². The van der Waals surface area contributed by atoms with Crippen LogP contribution in [0.3, 0.4) is 0 Å². The highest BCUT2D eigenvalue weighted by molar-refractivity contribution is 6.12. The third-order valence-corrected chi connectivity index (χ3v) is 5.79. The smallest absolute Gasteiger partial charge is 0.257 e. The summed E-state index contributed by atoms with van der Waals surface area (Å²) < 4.78 is 3.45. The van der Waals surface area contributed by atoms with Gasteiger partial charge in [0, 0.05) is 30.1 Å². The molecule has 1 aliphatic rings. The lowest BCUT2D eigenvalue weighted by atomic mass is 10.1. The topological polar surface area (TPSA) is 90.5 Å². The predicted molar refractivity (Wildman–Crippen MR) is 125 cm³/mol. The quantitative estimate of drug-likeness (QED) is 0.441. The number of aryl methyl sites for hydroxylation is 1. The van der Waals surface area contributed by atoms with E-state index in [2.05, 4.69) is 20.5 Å². The Labute approximate surface area is 189 Å². The Hall–Kier alpha value is -4.33. The molecule has 8 heteroatoms. The number of carbonyl (C=O) groups is 1. The Morgan fingerprint density at radius 3 is 2.61 bits per heavy atom. The second-order valence-electron chi connectivity index (χ2n) is 8.19. The molecule has 162 valence electrons. The molecular weight excluding hydrogens is 414 g/mol. The van der Waals surface area contributed by atoms with Gasteiger partial charge in [-0.25, -0.2) is 14.6 Å². The van der Waals surface area contributed by atoms with Gasteiger partial charge >= 0.3 is 0 Å². The van der Waals surface area contributed by atoms with Crippen LogP contribution in [0.4, 0.5) is 5.82 Å². The van der Waals surface area contributed by atoms with Crippen LogP contribution < -0.4 is 5.32 Å². The van der Waals surface area contributed by atoms with E-state index >= 15 is 0 Å². The minimum atomic E-state index is -0.230. The van der Waals surface area contributed by atoms with Gasteiger partial charge in [0.1, 0.15) is 0 Å². The van der Waals surface area contributed by atoms with E-state index in [0.29, 0.717) is 28.8 Å². The number of nitrogens with zero attached hydrogens (tertiary/aromatic N) is 6. The molecular formula is C25H21N7O. The summed E-state index contributed by atoms with van der Waals surface area (Å²) in [6, 6.07) is 19.1. The van der Waals surface area contributed by atoms with Gasteiger partial charge in [0.25, 0.3) is 5.91 Å². The lowest BCUT2D eigenvalue weighted by Crippen LogP contribution is -2.14. The molecule has 1 fully saturated rings. The second kappa shape index (κ2) is 7.67. The summed E-state index contributed by atoms with van der Waals surface area (Å²) >= 11 is 0. The van der Waals surface area contributed by atoms with E-state index in [9.17, 15) is 4.79 Å². The average Bonchev–Trinajstić information content (AvgIpc) is 3.52. The fourth-order valence-corrected chi connectivity index (χ4v) is 4.01. The maximum atomic E-state index is 13.4. The van der Waals surface area contributed by atoms with Gasteiger partial charge in [0.05, 0.1) is 22.3 Å². The number of pyridine rings is 2. The summed E-state index contributed by atoms with van der Waals surface area (Å²) in [4.78, 5) is 22.7. The number of anilines is 1. The van der Waals surface area contributed by atoms with Crippen LogP contribution in [0, 0.1) is 6.92 Å². The number of carbonyl (C=O) groups excluding carboxylic acids is 1. The Balaban J connectivity index is 1.41. The normalized spacial score (nSPS) is 13.4. The zero-order valence-electron chi connectivity index (χ0n) is 18.0. The molecule has 0 spiro atoms. The van der Waals surface area contributed by atoms with Crippen molar-refractivity contribution in [1.29, 1.82) is 0 Å². The summed E-state index contributed by atoms with van der Waals surface area (Å²) in [7, 11) is 0. The predicted octanol–water partition coefficient (Wildman–Crippen LogP) is 4.44. The molecule has 0 atom stereocenters. The molecule has 6 rings (SSSR count). The first-order chi connectivity index (χ1) is 16.2. The van der Waals surface area contributed by atoms with Gasteiger partial charge in [-0.15, -0.1) is 0 Å². The van der Waals surface area contributed by atoms with Crippen LogP contribution in [0.5, 0.6) is 0 Å². The van der Waals surface area contributed by atoms with Crippen LogP contribution in [0.1, 0.15) is 40.5 Å². The second-order valence-corrected chi connectivity index (χ2v) is 8.19. The van der Waals surface area contributed by atoms with Gasteiger partial charge < -0.3 is 5.32 Å². The van der Waals surface area contributed by atoms with E-state index in [0.717, 1.165) is 35.3 Å². The summed E-state index contributed by atoms with van der Waals surface area (Å²) in [6.45, 7) is 1.89. The minimum absolute atomic E-state index is 0.230. The minimum Gasteiger partial charge on any atom is -0.305 e. The summed E-state index contributed by atoms with van der Waals surface area (Å²) in [6.07, 6.45) is 5.71. The highest BCUT2D eigenvalue weighted by atomic mass is 16.1. The molecule has 1 N–H and O–H groups in total. The summed E-state index contributed by atoms with van der Waals surface area (Å²) in [5.74, 6) is 1.30. The van der Waals surface area contributed by atoms with E-state index in [1.807, 2.05) is 67.7 Å². The van der Waals surface area contributed by atoms with Crippen LogP contribution in [0.2, 0.25) is 0 Å². The Morgan fingerprint density at radius 2 is 1.85 bits per heavy atom. The third kappa shape index (κ3) is 3.55. The molecule has 0 unspecified atom stereocenters. The number of aromatic nitrogens is 6. The lowest BCUT2D eigenvalue weighted by molar-refractivity contribution is 0.102. The molecule has 0 saturated heterocycles. The van der Waals surface area contributed by atoms with E-state index in [4.69, 9.17) is 4.98 Å². The highest BCUT2D eigenvalue weighted by Crippen LogP contribution is 2.40. The Kier molecular flexibility index (Phi) is 4.50. The number of nitrogens with one attached hydrogen (secondary N) is 1. The summed E-state index contributed by atoms with van der Waals surface area (Å²) in [5, 5.41) is 12.9. The fraction of sp³-hybridized carbons (Fsp3) is 0.160. The fourth-order valence-electron chi connectivity index (χ4n) is 4.01. The number of hydrogen-bond donors (Lipinski definition) is 1. The van der Waals surface area contributed by atoms with E-state index < -0.39 is 0 Å². The van der Waals surface area contributed by atoms with Crippen molar-refractivity contribution in [1.82, 2.24) is 29.5 Å². The van der Waals surface area contributed by atoms with Crippen LogP contribution in [0.15, 0.2) is 73.1 Å². The molecule has 8 nitrogen and oxygen atoms in total.